The lowest BCUT2D eigenvalue weighted by Gasteiger charge is -2.11. The number of ether oxygens (including phenoxy) is 1. The minimum Gasteiger partial charge on any atom is -0.497 e. The molecule has 1 unspecified atom stereocenters. The van der Waals surface area contributed by atoms with E-state index in [-0.39, 0.29) is 6.61 Å². The summed E-state index contributed by atoms with van der Waals surface area (Å²) in [7, 11) is 1.65. The van der Waals surface area contributed by atoms with Crippen molar-refractivity contribution in [3.05, 3.63) is 48.5 Å². The van der Waals surface area contributed by atoms with Gasteiger partial charge in [-0.1, -0.05) is 24.3 Å². The van der Waals surface area contributed by atoms with Crippen molar-refractivity contribution in [1.82, 2.24) is 0 Å². The molecule has 0 saturated carbocycles. The van der Waals surface area contributed by atoms with Gasteiger partial charge in [0, 0.05) is 12.2 Å². The van der Waals surface area contributed by atoms with E-state index in [2.05, 4.69) is 5.32 Å². The molecule has 20 heavy (non-hydrogen) atoms. The molecule has 2 aromatic rings. The quantitative estimate of drug-likeness (QED) is 0.754. The van der Waals surface area contributed by atoms with E-state index in [0.29, 0.717) is 6.54 Å². The fourth-order valence-electron chi connectivity index (χ4n) is 1.88. The fraction of sp³-hybridized carbons (Fsp3) is 0.250. The van der Waals surface area contributed by atoms with Crippen molar-refractivity contribution < 1.29 is 14.9 Å². The summed E-state index contributed by atoms with van der Waals surface area (Å²) < 4.78 is 5.21. The first-order chi connectivity index (χ1) is 9.72. The van der Waals surface area contributed by atoms with Gasteiger partial charge in [-0.25, -0.2) is 0 Å². The molecule has 1 atom stereocenters. The number of hydrogen-bond donors (Lipinski definition) is 3. The molecule has 0 aliphatic heterocycles. The highest BCUT2D eigenvalue weighted by molar-refractivity contribution is 5.67. The van der Waals surface area contributed by atoms with Crippen LogP contribution in [0.1, 0.15) is 0 Å². The second-order valence-electron chi connectivity index (χ2n) is 4.53. The number of rotatable bonds is 6. The van der Waals surface area contributed by atoms with Crippen LogP contribution >= 0.6 is 0 Å². The van der Waals surface area contributed by atoms with Crippen LogP contribution in [0.15, 0.2) is 48.5 Å². The predicted octanol–water partition coefficient (Wildman–Crippen LogP) is 2.13. The molecule has 0 fully saturated rings. The van der Waals surface area contributed by atoms with E-state index in [9.17, 15) is 5.11 Å². The van der Waals surface area contributed by atoms with Gasteiger partial charge in [0.15, 0.2) is 0 Å². The molecule has 106 valence electrons. The Bertz CT molecular complexity index is 540. The first-order valence-corrected chi connectivity index (χ1v) is 6.50. The van der Waals surface area contributed by atoms with E-state index in [1.807, 2.05) is 48.5 Å². The van der Waals surface area contributed by atoms with Gasteiger partial charge in [0.2, 0.25) is 0 Å². The lowest BCUT2D eigenvalue weighted by molar-refractivity contribution is 0.105. The van der Waals surface area contributed by atoms with Crippen LogP contribution in [0.5, 0.6) is 5.75 Å². The van der Waals surface area contributed by atoms with Crippen LogP contribution in [0.3, 0.4) is 0 Å². The van der Waals surface area contributed by atoms with Gasteiger partial charge < -0.3 is 20.3 Å². The van der Waals surface area contributed by atoms with E-state index in [1.54, 1.807) is 7.11 Å². The molecule has 0 saturated heterocycles. The van der Waals surface area contributed by atoms with Gasteiger partial charge in [0.05, 0.1) is 19.8 Å². The Hall–Kier alpha value is -2.04. The number of nitrogens with one attached hydrogen (secondary N) is 1. The van der Waals surface area contributed by atoms with Gasteiger partial charge in [-0.15, -0.1) is 0 Å². The maximum Gasteiger partial charge on any atom is 0.119 e. The third-order valence-electron chi connectivity index (χ3n) is 3.04. The topological polar surface area (TPSA) is 61.7 Å². The Morgan fingerprint density at radius 1 is 1.10 bits per heavy atom. The first-order valence-electron chi connectivity index (χ1n) is 6.50. The van der Waals surface area contributed by atoms with Crippen LogP contribution in [-0.4, -0.2) is 36.6 Å². The second-order valence-corrected chi connectivity index (χ2v) is 4.53. The molecule has 4 nitrogen and oxygen atoms in total. The molecule has 0 aliphatic rings. The van der Waals surface area contributed by atoms with Gasteiger partial charge in [-0.2, -0.15) is 0 Å². The van der Waals surface area contributed by atoms with Gasteiger partial charge in [0.25, 0.3) is 0 Å². The maximum absolute atomic E-state index is 9.28. The van der Waals surface area contributed by atoms with Gasteiger partial charge in [-0.3, -0.25) is 0 Å². The van der Waals surface area contributed by atoms with E-state index in [4.69, 9.17) is 9.84 Å². The molecule has 3 N–H and O–H groups in total. The Morgan fingerprint density at radius 2 is 1.85 bits per heavy atom. The third-order valence-corrected chi connectivity index (χ3v) is 3.04. The summed E-state index contributed by atoms with van der Waals surface area (Å²) in [5.41, 5.74) is 3.09. The molecule has 0 amide bonds. The molecule has 0 radical (unpaired) electrons. The van der Waals surface area contributed by atoms with Crippen LogP contribution in [0.25, 0.3) is 11.1 Å². The Kier molecular flexibility index (Phi) is 4.98. The second kappa shape index (κ2) is 6.93. The molecular formula is C16H19NO3. The molecular weight excluding hydrogens is 254 g/mol. The summed E-state index contributed by atoms with van der Waals surface area (Å²) in [6.45, 7) is 0.0872. The van der Waals surface area contributed by atoms with Crippen molar-refractivity contribution in [2.45, 2.75) is 6.10 Å². The van der Waals surface area contributed by atoms with Crippen molar-refractivity contribution in [1.29, 1.82) is 0 Å². The van der Waals surface area contributed by atoms with E-state index in [0.717, 1.165) is 22.6 Å². The Labute approximate surface area is 118 Å². The molecule has 2 rings (SSSR count). The minimum atomic E-state index is -0.743. The number of hydrogen-bond acceptors (Lipinski definition) is 4. The third kappa shape index (κ3) is 3.73. The average molecular weight is 273 g/mol. The highest BCUT2D eigenvalue weighted by Crippen LogP contribution is 2.24. The van der Waals surface area contributed by atoms with Gasteiger partial charge >= 0.3 is 0 Å². The highest BCUT2D eigenvalue weighted by atomic mass is 16.5. The summed E-state index contributed by atoms with van der Waals surface area (Å²) in [5, 5.41) is 21.1. The predicted molar refractivity (Wildman–Crippen MR) is 80.0 cm³/mol. The van der Waals surface area contributed by atoms with Crippen molar-refractivity contribution >= 4 is 5.69 Å². The van der Waals surface area contributed by atoms with Crippen LogP contribution in [0, 0.1) is 0 Å². The molecule has 0 spiro atoms. The SMILES string of the molecule is COc1cccc(-c2ccc(NCC(O)CO)cc2)c1. The molecule has 0 bridgehead atoms. The van der Waals surface area contributed by atoms with Crippen LogP contribution < -0.4 is 10.1 Å². The van der Waals surface area contributed by atoms with Crippen molar-refractivity contribution in [2.24, 2.45) is 0 Å². The summed E-state index contributed by atoms with van der Waals surface area (Å²) >= 11 is 0. The number of aliphatic hydroxyl groups is 2. The molecule has 2 aromatic carbocycles. The van der Waals surface area contributed by atoms with E-state index < -0.39 is 6.10 Å². The molecule has 0 heterocycles. The van der Waals surface area contributed by atoms with Crippen LogP contribution in [0.2, 0.25) is 0 Å². The number of anilines is 1. The summed E-state index contributed by atoms with van der Waals surface area (Å²) in [4.78, 5) is 0. The van der Waals surface area contributed by atoms with E-state index >= 15 is 0 Å². The number of methoxy groups -OCH3 is 1. The first kappa shape index (κ1) is 14.4. The molecule has 0 aromatic heterocycles. The Balaban J connectivity index is 2.07. The zero-order chi connectivity index (χ0) is 14.4. The highest BCUT2D eigenvalue weighted by Gasteiger charge is 2.02. The number of aliphatic hydroxyl groups excluding tert-OH is 2. The van der Waals surface area contributed by atoms with Crippen molar-refractivity contribution in [3.63, 3.8) is 0 Å². The van der Waals surface area contributed by atoms with Crippen molar-refractivity contribution in [3.8, 4) is 16.9 Å². The minimum absolute atomic E-state index is 0.241. The lowest BCUT2D eigenvalue weighted by atomic mass is 10.1. The largest absolute Gasteiger partial charge is 0.497 e. The monoisotopic (exact) mass is 273 g/mol. The van der Waals surface area contributed by atoms with Gasteiger partial charge in [0.1, 0.15) is 5.75 Å². The van der Waals surface area contributed by atoms with E-state index in [1.165, 1.54) is 0 Å². The summed E-state index contributed by atoms with van der Waals surface area (Å²) in [6.07, 6.45) is -0.743. The van der Waals surface area contributed by atoms with Crippen LogP contribution in [0.4, 0.5) is 5.69 Å². The standard InChI is InChI=1S/C16H19NO3/c1-20-16-4-2-3-13(9-16)12-5-7-14(8-6-12)17-10-15(19)11-18/h2-9,15,17-19H,10-11H2,1H3. The number of benzene rings is 2. The normalized spacial score (nSPS) is 11.9. The molecule has 4 heteroatoms. The lowest BCUT2D eigenvalue weighted by Crippen LogP contribution is -2.22. The fourth-order valence-corrected chi connectivity index (χ4v) is 1.88. The van der Waals surface area contributed by atoms with Crippen molar-refractivity contribution in [2.75, 3.05) is 25.6 Å². The average Bonchev–Trinajstić information content (AvgIpc) is 2.53. The zero-order valence-corrected chi connectivity index (χ0v) is 11.4. The van der Waals surface area contributed by atoms with Crippen LogP contribution in [-0.2, 0) is 0 Å². The summed E-state index contributed by atoms with van der Waals surface area (Å²) in [5.74, 6) is 0.829. The Morgan fingerprint density at radius 3 is 2.50 bits per heavy atom. The molecule has 0 aliphatic carbocycles. The summed E-state index contributed by atoms with van der Waals surface area (Å²) in [6, 6.07) is 15.8. The zero-order valence-electron chi connectivity index (χ0n) is 11.4. The van der Waals surface area contributed by atoms with Gasteiger partial charge in [-0.05, 0) is 35.4 Å². The smallest absolute Gasteiger partial charge is 0.119 e. The maximum atomic E-state index is 9.28.